The molecule has 0 bridgehead atoms. The Hall–Kier alpha value is -1.94. The Morgan fingerprint density at radius 3 is 2.37 bits per heavy atom. The van der Waals surface area contributed by atoms with Gasteiger partial charge in [0.15, 0.2) is 0 Å². The van der Waals surface area contributed by atoms with Crippen LogP contribution < -0.4 is 0 Å². The third-order valence-corrected chi connectivity index (χ3v) is 7.49. The molecule has 0 unspecified atom stereocenters. The highest BCUT2D eigenvalue weighted by molar-refractivity contribution is 7.98. The first-order valence-electron chi connectivity index (χ1n) is 8.52. The zero-order valence-corrected chi connectivity index (χ0v) is 16.6. The fraction of sp³-hybridized carbons (Fsp3) is 0.333. The Balaban J connectivity index is 1.83. The molecule has 2 aromatic rings. The summed E-state index contributed by atoms with van der Waals surface area (Å²) >= 11 is 1.33. The van der Waals surface area contributed by atoms with Crippen molar-refractivity contribution in [3.05, 3.63) is 64.2 Å². The van der Waals surface area contributed by atoms with Crippen LogP contribution in [0.25, 0.3) is 0 Å². The first-order chi connectivity index (χ1) is 12.9. The van der Waals surface area contributed by atoms with Gasteiger partial charge < -0.3 is 4.90 Å². The second-order valence-corrected chi connectivity index (χ2v) is 9.32. The molecule has 144 valence electrons. The van der Waals surface area contributed by atoms with Crippen molar-refractivity contribution >= 4 is 27.5 Å². The number of likely N-dealkylation sites (N-methyl/N-ethyl adjacent to an activating group) is 1. The Morgan fingerprint density at radius 1 is 1.07 bits per heavy atom. The average molecular weight is 408 g/mol. The summed E-state index contributed by atoms with van der Waals surface area (Å²) in [5, 5.41) is 11.5. The summed E-state index contributed by atoms with van der Waals surface area (Å²) in [5.41, 5.74) is 0.872. The Bertz CT molecular complexity index is 911. The number of piperazine rings is 1. The van der Waals surface area contributed by atoms with Gasteiger partial charge in [0, 0.05) is 38.0 Å². The van der Waals surface area contributed by atoms with Gasteiger partial charge in [-0.05, 0) is 24.7 Å². The SMILES string of the molecule is CN1CCN(S(=O)(=O)c2ccc(SCc3ccccc3)c([N+](=O)[O-])c2)CC1. The lowest BCUT2D eigenvalue weighted by atomic mass is 10.2. The van der Waals surface area contributed by atoms with Gasteiger partial charge in [-0.2, -0.15) is 4.31 Å². The highest BCUT2D eigenvalue weighted by atomic mass is 32.2. The Morgan fingerprint density at radius 2 is 1.74 bits per heavy atom. The van der Waals surface area contributed by atoms with E-state index in [2.05, 4.69) is 4.90 Å². The predicted molar refractivity (Wildman–Crippen MR) is 105 cm³/mol. The van der Waals surface area contributed by atoms with Crippen molar-refractivity contribution in [3.8, 4) is 0 Å². The Labute approximate surface area is 163 Å². The van der Waals surface area contributed by atoms with Crippen LogP contribution >= 0.6 is 11.8 Å². The standard InChI is InChI=1S/C18H21N3O4S2/c1-19-9-11-20(12-10-19)27(24,25)16-7-8-18(17(13-16)21(22)23)26-14-15-5-3-2-4-6-15/h2-8,13H,9-12,14H2,1H3. The minimum absolute atomic E-state index is 0.0252. The lowest BCUT2D eigenvalue weighted by molar-refractivity contribution is -0.388. The van der Waals surface area contributed by atoms with Crippen LogP contribution in [-0.4, -0.2) is 55.8 Å². The normalized spacial score (nSPS) is 16.3. The zero-order valence-electron chi connectivity index (χ0n) is 14.9. The predicted octanol–water partition coefficient (Wildman–Crippen LogP) is 2.82. The number of nitro benzene ring substituents is 1. The minimum atomic E-state index is -3.73. The van der Waals surface area contributed by atoms with Crippen LogP contribution in [0.2, 0.25) is 0 Å². The molecule has 0 atom stereocenters. The molecule has 1 saturated heterocycles. The molecule has 0 spiro atoms. The quantitative estimate of drug-likeness (QED) is 0.416. The van der Waals surface area contributed by atoms with E-state index in [1.54, 1.807) is 0 Å². The lowest BCUT2D eigenvalue weighted by Gasteiger charge is -2.31. The molecule has 0 N–H and O–H groups in total. The first kappa shape index (κ1) is 19.8. The maximum atomic E-state index is 12.8. The maximum absolute atomic E-state index is 12.8. The highest BCUT2D eigenvalue weighted by Gasteiger charge is 2.29. The molecule has 0 amide bonds. The van der Waals surface area contributed by atoms with Crippen molar-refractivity contribution in [2.24, 2.45) is 0 Å². The molecular weight excluding hydrogens is 386 g/mol. The molecule has 9 heteroatoms. The summed E-state index contributed by atoms with van der Waals surface area (Å²) in [6, 6.07) is 13.8. The monoisotopic (exact) mass is 407 g/mol. The molecule has 7 nitrogen and oxygen atoms in total. The van der Waals surface area contributed by atoms with Crippen molar-refractivity contribution in [2.45, 2.75) is 15.5 Å². The Kier molecular flexibility index (Phi) is 6.15. The van der Waals surface area contributed by atoms with Crippen molar-refractivity contribution in [3.63, 3.8) is 0 Å². The summed E-state index contributed by atoms with van der Waals surface area (Å²) in [7, 11) is -1.79. The van der Waals surface area contributed by atoms with E-state index < -0.39 is 14.9 Å². The van der Waals surface area contributed by atoms with Crippen molar-refractivity contribution in [1.82, 2.24) is 9.21 Å². The second-order valence-electron chi connectivity index (χ2n) is 6.37. The van der Waals surface area contributed by atoms with Crippen LogP contribution in [0.5, 0.6) is 0 Å². The van der Waals surface area contributed by atoms with Gasteiger partial charge in [0.2, 0.25) is 10.0 Å². The van der Waals surface area contributed by atoms with Crippen molar-refractivity contribution < 1.29 is 13.3 Å². The van der Waals surface area contributed by atoms with E-state index >= 15 is 0 Å². The molecule has 0 saturated carbocycles. The summed E-state index contributed by atoms with van der Waals surface area (Å²) in [6.07, 6.45) is 0. The molecule has 1 fully saturated rings. The van der Waals surface area contributed by atoms with Crippen LogP contribution in [0.15, 0.2) is 58.3 Å². The van der Waals surface area contributed by atoms with Crippen LogP contribution in [0.1, 0.15) is 5.56 Å². The average Bonchev–Trinajstić information content (AvgIpc) is 2.67. The summed E-state index contributed by atoms with van der Waals surface area (Å²) in [4.78, 5) is 13.5. The summed E-state index contributed by atoms with van der Waals surface area (Å²) in [6.45, 7) is 2.06. The molecule has 1 aliphatic heterocycles. The number of nitro groups is 1. The van der Waals surface area contributed by atoms with Gasteiger partial charge in [0.1, 0.15) is 0 Å². The molecule has 3 rings (SSSR count). The molecule has 0 radical (unpaired) electrons. The van der Waals surface area contributed by atoms with Gasteiger partial charge in [-0.1, -0.05) is 30.3 Å². The molecule has 27 heavy (non-hydrogen) atoms. The molecule has 1 aliphatic rings. The van der Waals surface area contributed by atoms with E-state index in [0.717, 1.165) is 5.56 Å². The maximum Gasteiger partial charge on any atom is 0.284 e. The van der Waals surface area contributed by atoms with Crippen LogP contribution in [0, 0.1) is 10.1 Å². The van der Waals surface area contributed by atoms with Gasteiger partial charge in [0.25, 0.3) is 5.69 Å². The fourth-order valence-electron chi connectivity index (χ4n) is 2.84. The van der Waals surface area contributed by atoms with E-state index in [0.29, 0.717) is 36.8 Å². The third kappa shape index (κ3) is 4.67. The second kappa shape index (κ2) is 8.39. The van der Waals surface area contributed by atoms with Gasteiger partial charge in [-0.15, -0.1) is 11.8 Å². The van der Waals surface area contributed by atoms with Crippen LogP contribution in [-0.2, 0) is 15.8 Å². The number of sulfonamides is 1. The van der Waals surface area contributed by atoms with Gasteiger partial charge in [-0.25, -0.2) is 8.42 Å². The zero-order chi connectivity index (χ0) is 19.4. The van der Waals surface area contributed by atoms with Gasteiger partial charge in [0.05, 0.1) is 14.7 Å². The number of hydrogen-bond donors (Lipinski definition) is 0. The van der Waals surface area contributed by atoms with Crippen molar-refractivity contribution in [1.29, 1.82) is 0 Å². The number of benzene rings is 2. The first-order valence-corrected chi connectivity index (χ1v) is 10.9. The number of rotatable bonds is 6. The van der Waals surface area contributed by atoms with E-state index in [1.165, 1.54) is 34.3 Å². The lowest BCUT2D eigenvalue weighted by Crippen LogP contribution is -2.47. The molecular formula is C18H21N3O4S2. The topological polar surface area (TPSA) is 83.8 Å². The largest absolute Gasteiger partial charge is 0.304 e. The van der Waals surface area contributed by atoms with Gasteiger partial charge >= 0.3 is 0 Å². The minimum Gasteiger partial charge on any atom is -0.304 e. The highest BCUT2D eigenvalue weighted by Crippen LogP contribution is 2.34. The fourth-order valence-corrected chi connectivity index (χ4v) is 5.24. The number of nitrogens with zero attached hydrogens (tertiary/aromatic N) is 3. The van der Waals surface area contributed by atoms with Crippen molar-refractivity contribution in [2.75, 3.05) is 33.2 Å². The molecule has 2 aromatic carbocycles. The van der Waals surface area contributed by atoms with Crippen LogP contribution in [0.3, 0.4) is 0 Å². The summed E-state index contributed by atoms with van der Waals surface area (Å²) in [5.74, 6) is 0.576. The van der Waals surface area contributed by atoms with Gasteiger partial charge in [-0.3, -0.25) is 10.1 Å². The van der Waals surface area contributed by atoms with E-state index in [-0.39, 0.29) is 10.6 Å². The number of hydrogen-bond acceptors (Lipinski definition) is 6. The number of thioether (sulfide) groups is 1. The molecule has 0 aliphatic carbocycles. The van der Waals surface area contributed by atoms with E-state index in [4.69, 9.17) is 0 Å². The van der Waals surface area contributed by atoms with E-state index in [9.17, 15) is 18.5 Å². The van der Waals surface area contributed by atoms with Crippen LogP contribution in [0.4, 0.5) is 5.69 Å². The third-order valence-electron chi connectivity index (χ3n) is 4.46. The smallest absolute Gasteiger partial charge is 0.284 e. The molecule has 0 aromatic heterocycles. The summed E-state index contributed by atoms with van der Waals surface area (Å²) < 4.78 is 27.1. The molecule has 1 heterocycles. The van der Waals surface area contributed by atoms with E-state index in [1.807, 2.05) is 37.4 Å².